The van der Waals surface area contributed by atoms with E-state index in [1.165, 1.54) is 5.56 Å². The lowest BCUT2D eigenvalue weighted by Gasteiger charge is -2.22. The molecule has 0 radical (unpaired) electrons. The van der Waals surface area contributed by atoms with Gasteiger partial charge < -0.3 is 10.4 Å². The first-order valence-electron chi connectivity index (χ1n) is 5.36. The van der Waals surface area contributed by atoms with E-state index in [0.717, 1.165) is 18.0 Å². The van der Waals surface area contributed by atoms with E-state index in [0.29, 0.717) is 6.54 Å². The summed E-state index contributed by atoms with van der Waals surface area (Å²) < 4.78 is 1.86. The molecule has 1 unspecified atom stereocenters. The minimum atomic E-state index is -0.643. The van der Waals surface area contributed by atoms with Crippen LogP contribution in [0.4, 0.5) is 0 Å². The minimum Gasteiger partial charge on any atom is -0.388 e. The SMILES string of the molecule is CSCC(C)(O)CNCc1cnn(C)c1C. The summed E-state index contributed by atoms with van der Waals surface area (Å²) in [6.07, 6.45) is 3.87. The number of hydrogen-bond donors (Lipinski definition) is 2. The molecule has 0 amide bonds. The van der Waals surface area contributed by atoms with Gasteiger partial charge in [-0.05, 0) is 20.1 Å². The Morgan fingerprint density at radius 2 is 2.31 bits per heavy atom. The molecular formula is C11H21N3OS. The molecule has 1 rings (SSSR count). The van der Waals surface area contributed by atoms with Crippen LogP contribution in [0.25, 0.3) is 0 Å². The predicted octanol–water partition coefficient (Wildman–Crippen LogP) is 0.932. The van der Waals surface area contributed by atoms with E-state index in [1.54, 1.807) is 11.8 Å². The van der Waals surface area contributed by atoms with Crippen LogP contribution >= 0.6 is 11.8 Å². The molecule has 0 saturated carbocycles. The lowest BCUT2D eigenvalue weighted by atomic mass is 10.1. The third-order valence-corrected chi connectivity index (χ3v) is 3.52. The molecule has 1 aromatic heterocycles. The number of nitrogens with zero attached hydrogens (tertiary/aromatic N) is 2. The lowest BCUT2D eigenvalue weighted by molar-refractivity contribution is 0.0845. The molecule has 0 bridgehead atoms. The summed E-state index contributed by atoms with van der Waals surface area (Å²) in [5.74, 6) is 0.742. The van der Waals surface area contributed by atoms with Crippen molar-refractivity contribution < 1.29 is 5.11 Å². The van der Waals surface area contributed by atoms with Crippen molar-refractivity contribution in [1.82, 2.24) is 15.1 Å². The highest BCUT2D eigenvalue weighted by Gasteiger charge is 2.18. The fourth-order valence-electron chi connectivity index (χ4n) is 1.55. The third kappa shape index (κ3) is 3.81. The maximum absolute atomic E-state index is 9.96. The Morgan fingerprint density at radius 1 is 1.62 bits per heavy atom. The first-order chi connectivity index (χ1) is 7.46. The Kier molecular flexibility index (Phi) is 4.83. The molecule has 0 saturated heterocycles. The Morgan fingerprint density at radius 3 is 2.81 bits per heavy atom. The van der Waals surface area contributed by atoms with Crippen LogP contribution in [-0.2, 0) is 13.6 Å². The Bertz CT molecular complexity index is 336. The van der Waals surface area contributed by atoms with Crippen LogP contribution in [0.15, 0.2) is 6.20 Å². The summed E-state index contributed by atoms with van der Waals surface area (Å²) in [5, 5.41) is 17.4. The quantitative estimate of drug-likeness (QED) is 0.780. The van der Waals surface area contributed by atoms with Crippen molar-refractivity contribution in [2.45, 2.75) is 26.0 Å². The zero-order chi connectivity index (χ0) is 12.2. The van der Waals surface area contributed by atoms with Gasteiger partial charge in [-0.15, -0.1) is 0 Å². The summed E-state index contributed by atoms with van der Waals surface area (Å²) in [6.45, 7) is 5.25. The first kappa shape index (κ1) is 13.5. The molecular weight excluding hydrogens is 222 g/mol. The van der Waals surface area contributed by atoms with Gasteiger partial charge in [0.15, 0.2) is 0 Å². The molecule has 1 atom stereocenters. The number of nitrogens with one attached hydrogen (secondary N) is 1. The van der Waals surface area contributed by atoms with Gasteiger partial charge in [0.25, 0.3) is 0 Å². The van der Waals surface area contributed by atoms with Gasteiger partial charge in [0.2, 0.25) is 0 Å². The highest BCUT2D eigenvalue weighted by Crippen LogP contribution is 2.10. The second kappa shape index (κ2) is 5.70. The first-order valence-corrected chi connectivity index (χ1v) is 6.75. The molecule has 2 N–H and O–H groups in total. The van der Waals surface area contributed by atoms with Crippen molar-refractivity contribution >= 4 is 11.8 Å². The Balaban J connectivity index is 2.38. The zero-order valence-electron chi connectivity index (χ0n) is 10.4. The van der Waals surface area contributed by atoms with Gasteiger partial charge in [-0.2, -0.15) is 16.9 Å². The largest absolute Gasteiger partial charge is 0.388 e. The van der Waals surface area contributed by atoms with E-state index in [2.05, 4.69) is 10.4 Å². The van der Waals surface area contributed by atoms with Crippen LogP contribution in [0.2, 0.25) is 0 Å². The Hall–Kier alpha value is -0.520. The van der Waals surface area contributed by atoms with Gasteiger partial charge >= 0.3 is 0 Å². The van der Waals surface area contributed by atoms with Crippen molar-refractivity contribution in [1.29, 1.82) is 0 Å². The molecule has 0 aromatic carbocycles. The fraction of sp³-hybridized carbons (Fsp3) is 0.727. The van der Waals surface area contributed by atoms with Gasteiger partial charge in [0.1, 0.15) is 0 Å². The number of aryl methyl sites for hydroxylation is 1. The van der Waals surface area contributed by atoms with Crippen molar-refractivity contribution in [2.24, 2.45) is 7.05 Å². The van der Waals surface area contributed by atoms with Crippen molar-refractivity contribution in [3.05, 3.63) is 17.5 Å². The Labute approximate surface area is 101 Å². The molecule has 5 heteroatoms. The summed E-state index contributed by atoms with van der Waals surface area (Å²) in [5.41, 5.74) is 1.70. The lowest BCUT2D eigenvalue weighted by Crippen LogP contribution is -2.39. The van der Waals surface area contributed by atoms with Crippen LogP contribution in [0.5, 0.6) is 0 Å². The zero-order valence-corrected chi connectivity index (χ0v) is 11.3. The van der Waals surface area contributed by atoms with E-state index < -0.39 is 5.60 Å². The molecule has 92 valence electrons. The molecule has 0 fully saturated rings. The summed E-state index contributed by atoms with van der Waals surface area (Å²) in [6, 6.07) is 0. The second-order valence-corrected chi connectivity index (χ2v) is 5.28. The van der Waals surface area contributed by atoms with Crippen LogP contribution in [0.1, 0.15) is 18.2 Å². The summed E-state index contributed by atoms with van der Waals surface area (Å²) in [7, 11) is 1.93. The van der Waals surface area contributed by atoms with Gasteiger partial charge in [0.05, 0.1) is 11.8 Å². The third-order valence-electron chi connectivity index (χ3n) is 2.61. The normalized spacial score (nSPS) is 15.1. The number of aromatic nitrogens is 2. The molecule has 0 aliphatic carbocycles. The summed E-state index contributed by atoms with van der Waals surface area (Å²) >= 11 is 1.66. The minimum absolute atomic E-state index is 0.599. The number of aliphatic hydroxyl groups is 1. The van der Waals surface area contributed by atoms with Crippen LogP contribution in [0.3, 0.4) is 0 Å². The second-order valence-electron chi connectivity index (χ2n) is 4.41. The maximum atomic E-state index is 9.96. The molecule has 0 spiro atoms. The monoisotopic (exact) mass is 243 g/mol. The van der Waals surface area contributed by atoms with Gasteiger partial charge in [-0.1, -0.05) is 0 Å². The predicted molar refractivity (Wildman–Crippen MR) is 68.7 cm³/mol. The summed E-state index contributed by atoms with van der Waals surface area (Å²) in [4.78, 5) is 0. The van der Waals surface area contributed by atoms with E-state index in [4.69, 9.17) is 0 Å². The van der Waals surface area contributed by atoms with Gasteiger partial charge in [0, 0.05) is 37.1 Å². The molecule has 0 aliphatic heterocycles. The molecule has 1 heterocycles. The van der Waals surface area contributed by atoms with E-state index in [1.807, 2.05) is 38.0 Å². The molecule has 0 aliphatic rings. The van der Waals surface area contributed by atoms with Crippen molar-refractivity contribution in [3.8, 4) is 0 Å². The van der Waals surface area contributed by atoms with Crippen molar-refractivity contribution in [2.75, 3.05) is 18.6 Å². The van der Waals surface area contributed by atoms with Crippen LogP contribution < -0.4 is 5.32 Å². The highest BCUT2D eigenvalue weighted by atomic mass is 32.2. The molecule has 1 aromatic rings. The van der Waals surface area contributed by atoms with E-state index in [9.17, 15) is 5.11 Å². The van der Waals surface area contributed by atoms with Gasteiger partial charge in [-0.25, -0.2) is 0 Å². The van der Waals surface area contributed by atoms with Crippen LogP contribution in [-0.4, -0.2) is 39.0 Å². The van der Waals surface area contributed by atoms with Crippen LogP contribution in [0, 0.1) is 6.92 Å². The van der Waals surface area contributed by atoms with Crippen molar-refractivity contribution in [3.63, 3.8) is 0 Å². The average molecular weight is 243 g/mol. The van der Waals surface area contributed by atoms with Gasteiger partial charge in [-0.3, -0.25) is 4.68 Å². The van der Waals surface area contributed by atoms with E-state index in [-0.39, 0.29) is 0 Å². The number of rotatable bonds is 6. The maximum Gasteiger partial charge on any atom is 0.0833 e. The fourth-order valence-corrected chi connectivity index (χ4v) is 2.27. The average Bonchev–Trinajstić information content (AvgIpc) is 2.49. The smallest absolute Gasteiger partial charge is 0.0833 e. The number of thioether (sulfide) groups is 1. The standard InChI is InChI=1S/C11H21N3OS/c1-9-10(6-13-14(9)3)5-12-7-11(2,15)8-16-4/h6,12,15H,5,7-8H2,1-4H3. The molecule has 16 heavy (non-hydrogen) atoms. The topological polar surface area (TPSA) is 50.1 Å². The molecule has 4 nitrogen and oxygen atoms in total. The van der Waals surface area contributed by atoms with E-state index >= 15 is 0 Å². The number of hydrogen-bond acceptors (Lipinski definition) is 4. The highest BCUT2D eigenvalue weighted by molar-refractivity contribution is 7.98.